The summed E-state index contributed by atoms with van der Waals surface area (Å²) in [5.74, 6) is 0.164. The first kappa shape index (κ1) is 30.8. The van der Waals surface area contributed by atoms with E-state index >= 15 is 0 Å². The molecule has 0 bridgehead atoms. The first-order valence-electron chi connectivity index (χ1n) is 13.6. The van der Waals surface area contributed by atoms with Crippen molar-refractivity contribution < 1.29 is 22.7 Å². The SMILES string of the molecule is CC[C@@H](C(=O)NC1CCCC1)N(CCc1ccccc1)C(=O)CCCN(c1ccc(OC)c(Cl)c1)S(C)(=O)=O. The lowest BCUT2D eigenvalue weighted by Crippen LogP contribution is -2.52. The van der Waals surface area contributed by atoms with E-state index in [9.17, 15) is 18.0 Å². The number of nitrogens with zero attached hydrogens (tertiary/aromatic N) is 2. The van der Waals surface area contributed by atoms with Crippen LogP contribution in [0.15, 0.2) is 48.5 Å². The minimum atomic E-state index is -3.62. The number of anilines is 1. The van der Waals surface area contributed by atoms with Crippen LogP contribution >= 0.6 is 11.6 Å². The van der Waals surface area contributed by atoms with Gasteiger partial charge in [0.25, 0.3) is 0 Å². The number of sulfonamides is 1. The Balaban J connectivity index is 1.72. The summed E-state index contributed by atoms with van der Waals surface area (Å²) in [6.45, 7) is 2.43. The molecule has 1 aliphatic carbocycles. The molecule has 1 saturated carbocycles. The normalized spacial score (nSPS) is 14.6. The molecular formula is C29H40ClN3O5S. The number of halogens is 1. The van der Waals surface area contributed by atoms with E-state index in [1.54, 1.807) is 17.0 Å². The van der Waals surface area contributed by atoms with Crippen molar-refractivity contribution in [1.82, 2.24) is 10.2 Å². The molecule has 1 atom stereocenters. The molecule has 1 fully saturated rings. The molecule has 2 amide bonds. The lowest BCUT2D eigenvalue weighted by molar-refractivity contribution is -0.141. The average molecular weight is 578 g/mol. The fourth-order valence-electron chi connectivity index (χ4n) is 5.08. The number of rotatable bonds is 14. The number of carbonyl (C=O) groups excluding carboxylic acids is 2. The number of nitrogens with one attached hydrogen (secondary N) is 1. The average Bonchev–Trinajstić information content (AvgIpc) is 3.41. The second-order valence-electron chi connectivity index (χ2n) is 9.99. The number of hydrogen-bond acceptors (Lipinski definition) is 5. The quantitative estimate of drug-likeness (QED) is 0.348. The van der Waals surface area contributed by atoms with E-state index in [1.165, 1.54) is 17.5 Å². The van der Waals surface area contributed by atoms with E-state index in [0.717, 1.165) is 37.5 Å². The third kappa shape index (κ3) is 8.86. The summed E-state index contributed by atoms with van der Waals surface area (Å²) in [5, 5.41) is 3.45. The standard InChI is InChI=1S/C29H40ClN3O5S/c1-4-26(29(35)31-23-13-8-9-14-23)32(20-18-22-11-6-5-7-12-22)28(34)15-10-19-33(39(3,36)37)24-16-17-27(38-2)25(30)21-24/h5-7,11-12,16-17,21,23,26H,4,8-10,13-15,18-20H2,1-3H3,(H,31,35)/t26-/m0/s1. The van der Waals surface area contributed by atoms with E-state index < -0.39 is 16.1 Å². The smallest absolute Gasteiger partial charge is 0.243 e. The number of ether oxygens (including phenoxy) is 1. The molecule has 2 aromatic carbocycles. The maximum Gasteiger partial charge on any atom is 0.243 e. The molecule has 1 N–H and O–H groups in total. The molecule has 8 nitrogen and oxygen atoms in total. The highest BCUT2D eigenvalue weighted by molar-refractivity contribution is 7.92. The van der Waals surface area contributed by atoms with E-state index in [-0.39, 0.29) is 37.2 Å². The number of hydrogen-bond donors (Lipinski definition) is 1. The molecule has 10 heteroatoms. The van der Waals surface area contributed by atoms with Gasteiger partial charge in [0.15, 0.2) is 0 Å². The van der Waals surface area contributed by atoms with Crippen LogP contribution in [-0.2, 0) is 26.0 Å². The van der Waals surface area contributed by atoms with Crippen molar-refractivity contribution in [2.45, 2.75) is 70.4 Å². The van der Waals surface area contributed by atoms with Crippen molar-refractivity contribution >= 4 is 39.1 Å². The second-order valence-corrected chi connectivity index (χ2v) is 12.3. The highest BCUT2D eigenvalue weighted by Crippen LogP contribution is 2.30. The molecule has 0 radical (unpaired) electrons. The molecule has 0 spiro atoms. The van der Waals surface area contributed by atoms with E-state index in [2.05, 4.69) is 5.32 Å². The van der Waals surface area contributed by atoms with Crippen LogP contribution in [-0.4, -0.2) is 63.7 Å². The first-order valence-corrected chi connectivity index (χ1v) is 15.8. The van der Waals surface area contributed by atoms with Crippen LogP contribution in [0.25, 0.3) is 0 Å². The summed E-state index contributed by atoms with van der Waals surface area (Å²) < 4.78 is 31.6. The largest absolute Gasteiger partial charge is 0.495 e. The predicted molar refractivity (Wildman–Crippen MR) is 156 cm³/mol. The highest BCUT2D eigenvalue weighted by Gasteiger charge is 2.30. The molecule has 2 aromatic rings. The third-order valence-corrected chi connectivity index (χ3v) is 8.64. The molecule has 3 rings (SSSR count). The highest BCUT2D eigenvalue weighted by atomic mass is 35.5. The van der Waals surface area contributed by atoms with Gasteiger partial charge in [0.05, 0.1) is 24.1 Å². The van der Waals surface area contributed by atoms with Gasteiger partial charge in [-0.25, -0.2) is 8.42 Å². The molecule has 0 aromatic heterocycles. The summed E-state index contributed by atoms with van der Waals surface area (Å²) in [5.41, 5.74) is 1.49. The molecule has 1 aliphatic rings. The summed E-state index contributed by atoms with van der Waals surface area (Å²) in [4.78, 5) is 28.5. The fourth-order valence-corrected chi connectivity index (χ4v) is 6.29. The molecule has 0 aliphatic heterocycles. The Labute approximate surface area is 237 Å². The van der Waals surface area contributed by atoms with Crippen LogP contribution in [0, 0.1) is 0 Å². The number of benzene rings is 2. The van der Waals surface area contributed by atoms with Gasteiger partial charge in [0, 0.05) is 25.6 Å². The minimum Gasteiger partial charge on any atom is -0.495 e. The Morgan fingerprint density at radius 3 is 2.38 bits per heavy atom. The van der Waals surface area contributed by atoms with Gasteiger partial charge in [0.2, 0.25) is 21.8 Å². The van der Waals surface area contributed by atoms with Gasteiger partial charge < -0.3 is 15.0 Å². The van der Waals surface area contributed by atoms with E-state index in [4.69, 9.17) is 16.3 Å². The Hall–Kier alpha value is -2.78. The topological polar surface area (TPSA) is 96.0 Å². The Bertz CT molecular complexity index is 1200. The monoisotopic (exact) mass is 577 g/mol. The van der Waals surface area contributed by atoms with Gasteiger partial charge in [-0.05, 0) is 55.9 Å². The van der Waals surface area contributed by atoms with Crippen molar-refractivity contribution in [2.75, 3.05) is 30.8 Å². The number of methoxy groups -OCH3 is 1. The maximum absolute atomic E-state index is 13.6. The number of carbonyl (C=O) groups is 2. The summed E-state index contributed by atoms with van der Waals surface area (Å²) in [6, 6.07) is 14.2. The van der Waals surface area contributed by atoms with Gasteiger partial charge in [0.1, 0.15) is 11.8 Å². The van der Waals surface area contributed by atoms with Crippen molar-refractivity contribution in [3.63, 3.8) is 0 Å². The van der Waals surface area contributed by atoms with Gasteiger partial charge in [-0.1, -0.05) is 61.7 Å². The fraction of sp³-hybridized carbons (Fsp3) is 0.517. The minimum absolute atomic E-state index is 0.102. The first-order chi connectivity index (χ1) is 18.6. The Morgan fingerprint density at radius 2 is 1.79 bits per heavy atom. The molecular weight excluding hydrogens is 538 g/mol. The van der Waals surface area contributed by atoms with Crippen LogP contribution < -0.4 is 14.4 Å². The van der Waals surface area contributed by atoms with E-state index in [0.29, 0.717) is 35.8 Å². The molecule has 0 saturated heterocycles. The van der Waals surface area contributed by atoms with Crippen LogP contribution in [0.2, 0.25) is 5.02 Å². The van der Waals surface area contributed by atoms with Crippen LogP contribution in [0.4, 0.5) is 5.69 Å². The summed E-state index contributed by atoms with van der Waals surface area (Å²) in [7, 11) is -2.13. The molecule has 0 unspecified atom stereocenters. The zero-order chi connectivity index (χ0) is 28.4. The predicted octanol–water partition coefficient (Wildman–Crippen LogP) is 4.80. The molecule has 0 heterocycles. The van der Waals surface area contributed by atoms with Crippen molar-refractivity contribution in [1.29, 1.82) is 0 Å². The van der Waals surface area contributed by atoms with Crippen LogP contribution in [0.3, 0.4) is 0 Å². The third-order valence-electron chi connectivity index (χ3n) is 7.15. The number of amides is 2. The van der Waals surface area contributed by atoms with Crippen molar-refractivity contribution in [3.05, 3.63) is 59.1 Å². The van der Waals surface area contributed by atoms with E-state index in [1.807, 2.05) is 37.3 Å². The Morgan fingerprint density at radius 1 is 1.10 bits per heavy atom. The zero-order valence-corrected chi connectivity index (χ0v) is 24.6. The Kier molecular flexibility index (Phi) is 11.5. The maximum atomic E-state index is 13.6. The summed E-state index contributed by atoms with van der Waals surface area (Å²) >= 11 is 6.23. The van der Waals surface area contributed by atoms with Gasteiger partial charge in [-0.3, -0.25) is 13.9 Å². The van der Waals surface area contributed by atoms with Gasteiger partial charge in [-0.15, -0.1) is 0 Å². The second kappa shape index (κ2) is 14.6. The van der Waals surface area contributed by atoms with Gasteiger partial charge in [-0.2, -0.15) is 0 Å². The van der Waals surface area contributed by atoms with Crippen LogP contribution in [0.1, 0.15) is 57.4 Å². The lowest BCUT2D eigenvalue weighted by atomic mass is 10.1. The van der Waals surface area contributed by atoms with Crippen molar-refractivity contribution in [3.8, 4) is 5.75 Å². The van der Waals surface area contributed by atoms with Crippen molar-refractivity contribution in [2.24, 2.45) is 0 Å². The molecule has 39 heavy (non-hydrogen) atoms. The van der Waals surface area contributed by atoms with Crippen LogP contribution in [0.5, 0.6) is 5.75 Å². The van der Waals surface area contributed by atoms with Gasteiger partial charge >= 0.3 is 0 Å². The lowest BCUT2D eigenvalue weighted by Gasteiger charge is -2.32. The molecule has 214 valence electrons. The zero-order valence-electron chi connectivity index (χ0n) is 23.1. The summed E-state index contributed by atoms with van der Waals surface area (Å²) in [6.07, 6.45) is 6.80.